The lowest BCUT2D eigenvalue weighted by atomic mass is 9.99. The summed E-state index contributed by atoms with van der Waals surface area (Å²) in [7, 11) is 0. The summed E-state index contributed by atoms with van der Waals surface area (Å²) in [6, 6.07) is 7.12. The van der Waals surface area contributed by atoms with Gasteiger partial charge in [0.1, 0.15) is 11.9 Å². The average molecular weight is 263 g/mol. The lowest BCUT2D eigenvalue weighted by molar-refractivity contribution is 0.863. The van der Waals surface area contributed by atoms with Gasteiger partial charge in [-0.15, -0.1) is 0 Å². The number of nitrogen functional groups attached to an aromatic ring is 1. The second-order valence-corrected chi connectivity index (χ2v) is 4.37. The Morgan fingerprint density at radius 1 is 1.22 bits per heavy atom. The number of benzene rings is 1. The van der Waals surface area contributed by atoms with Gasteiger partial charge in [-0.1, -0.05) is 29.8 Å². The maximum Gasteiger partial charge on any atom is 0.195 e. The Balaban J connectivity index is 2.18. The van der Waals surface area contributed by atoms with Crippen molar-refractivity contribution in [3.63, 3.8) is 0 Å². The Bertz CT molecular complexity index is 632. The molecule has 7 heteroatoms. The van der Waals surface area contributed by atoms with Gasteiger partial charge in [0.25, 0.3) is 0 Å². The maximum atomic E-state index is 6.19. The first-order valence-electron chi connectivity index (χ1n) is 5.35. The number of anilines is 2. The molecule has 18 heavy (non-hydrogen) atoms. The largest absolute Gasteiger partial charge is 0.384 e. The zero-order valence-corrected chi connectivity index (χ0v) is 10.1. The Kier molecular flexibility index (Phi) is 2.38. The van der Waals surface area contributed by atoms with E-state index in [1.165, 1.54) is 0 Å². The summed E-state index contributed by atoms with van der Waals surface area (Å²) in [5, 5.41) is 10.2. The highest BCUT2D eigenvalue weighted by atomic mass is 35.5. The van der Waals surface area contributed by atoms with E-state index in [4.69, 9.17) is 23.1 Å². The van der Waals surface area contributed by atoms with Gasteiger partial charge in [-0.3, -0.25) is 5.10 Å². The number of nitrogens with zero attached hydrogens (tertiary/aromatic N) is 2. The van der Waals surface area contributed by atoms with Crippen LogP contribution in [0.15, 0.2) is 29.3 Å². The molecule has 6 N–H and O–H groups in total. The Hall–Kier alpha value is -2.21. The Morgan fingerprint density at radius 2 is 2.00 bits per heavy atom. The summed E-state index contributed by atoms with van der Waals surface area (Å²) in [4.78, 5) is 4.35. The van der Waals surface area contributed by atoms with Gasteiger partial charge in [-0.2, -0.15) is 5.10 Å². The van der Waals surface area contributed by atoms with Crippen LogP contribution in [-0.4, -0.2) is 16.2 Å². The smallest absolute Gasteiger partial charge is 0.195 e. The standard InChI is InChI=1S/C11H11ClN6/c12-6-4-2-1-3-5(6)8-7-9(13)17-18-10(7)16-11(14)15-8/h1-4,8H,(H6,13,14,15,16,17,18). The van der Waals surface area contributed by atoms with Crippen LogP contribution in [0, 0.1) is 0 Å². The summed E-state index contributed by atoms with van der Waals surface area (Å²) in [6.45, 7) is 0. The second kappa shape index (κ2) is 3.92. The molecule has 92 valence electrons. The fourth-order valence-corrected chi connectivity index (χ4v) is 2.25. The van der Waals surface area contributed by atoms with Crippen LogP contribution in [0.1, 0.15) is 17.2 Å². The molecule has 0 saturated carbocycles. The maximum absolute atomic E-state index is 6.19. The van der Waals surface area contributed by atoms with Crippen molar-refractivity contribution in [2.45, 2.75) is 6.04 Å². The number of aliphatic imine (C=N–C) groups is 1. The molecule has 1 aliphatic rings. The molecule has 1 unspecified atom stereocenters. The lowest BCUT2D eigenvalue weighted by Gasteiger charge is -2.21. The predicted molar refractivity (Wildman–Crippen MR) is 71.5 cm³/mol. The molecule has 6 nitrogen and oxygen atoms in total. The number of hydrogen-bond donors (Lipinski definition) is 4. The molecule has 0 spiro atoms. The summed E-state index contributed by atoms with van der Waals surface area (Å²) in [5.74, 6) is 1.34. The highest BCUT2D eigenvalue weighted by Gasteiger charge is 2.28. The van der Waals surface area contributed by atoms with Crippen molar-refractivity contribution in [1.82, 2.24) is 10.2 Å². The van der Waals surface area contributed by atoms with Gasteiger partial charge in [0.05, 0.1) is 5.56 Å². The first-order valence-corrected chi connectivity index (χ1v) is 5.73. The van der Waals surface area contributed by atoms with Crippen molar-refractivity contribution in [2.75, 3.05) is 11.1 Å². The number of nitrogens with one attached hydrogen (secondary N) is 2. The van der Waals surface area contributed by atoms with Gasteiger partial charge in [-0.25, -0.2) is 4.99 Å². The molecular weight excluding hydrogens is 252 g/mol. The van der Waals surface area contributed by atoms with E-state index >= 15 is 0 Å². The van der Waals surface area contributed by atoms with E-state index in [1.807, 2.05) is 18.2 Å². The van der Waals surface area contributed by atoms with E-state index in [-0.39, 0.29) is 6.04 Å². The minimum absolute atomic E-state index is 0.291. The molecule has 1 aromatic heterocycles. The van der Waals surface area contributed by atoms with Gasteiger partial charge in [0, 0.05) is 10.6 Å². The lowest BCUT2D eigenvalue weighted by Crippen LogP contribution is -2.28. The zero-order chi connectivity index (χ0) is 12.7. The monoisotopic (exact) mass is 262 g/mol. The van der Waals surface area contributed by atoms with Crippen molar-refractivity contribution >= 4 is 29.2 Å². The van der Waals surface area contributed by atoms with Gasteiger partial charge in [0.15, 0.2) is 11.8 Å². The van der Waals surface area contributed by atoms with Gasteiger partial charge >= 0.3 is 0 Å². The molecule has 2 heterocycles. The van der Waals surface area contributed by atoms with Crippen molar-refractivity contribution < 1.29 is 0 Å². The SMILES string of the molecule is NC1=NC(c2ccccc2Cl)c2c(n[nH]c2N)N1. The number of aromatic nitrogens is 2. The van der Waals surface area contributed by atoms with E-state index in [2.05, 4.69) is 20.5 Å². The predicted octanol–water partition coefficient (Wildman–Crippen LogP) is 1.47. The molecule has 0 radical (unpaired) electrons. The first-order chi connectivity index (χ1) is 8.66. The molecular formula is C11H11ClN6. The van der Waals surface area contributed by atoms with Gasteiger partial charge in [0.2, 0.25) is 0 Å². The molecule has 0 fully saturated rings. The summed E-state index contributed by atoms with van der Waals surface area (Å²) < 4.78 is 0. The normalized spacial score (nSPS) is 17.8. The second-order valence-electron chi connectivity index (χ2n) is 3.96. The molecule has 0 bridgehead atoms. The van der Waals surface area contributed by atoms with Crippen LogP contribution in [0.25, 0.3) is 0 Å². The van der Waals surface area contributed by atoms with Crippen molar-refractivity contribution in [3.05, 3.63) is 40.4 Å². The molecule has 1 aliphatic heterocycles. The number of hydrogen-bond acceptors (Lipinski definition) is 5. The fraction of sp³-hybridized carbons (Fsp3) is 0.0909. The zero-order valence-electron chi connectivity index (χ0n) is 9.31. The number of aromatic amines is 1. The summed E-state index contributed by atoms with van der Waals surface area (Å²) >= 11 is 6.19. The van der Waals surface area contributed by atoms with Gasteiger partial charge in [-0.05, 0) is 6.07 Å². The fourth-order valence-electron chi connectivity index (χ4n) is 2.02. The molecule has 2 aromatic rings. The highest BCUT2D eigenvalue weighted by Crippen LogP contribution is 2.39. The first kappa shape index (κ1) is 10.9. The topological polar surface area (TPSA) is 105 Å². The van der Waals surface area contributed by atoms with Crippen LogP contribution >= 0.6 is 11.6 Å². The van der Waals surface area contributed by atoms with Gasteiger partial charge < -0.3 is 16.8 Å². The summed E-state index contributed by atoms with van der Waals surface area (Å²) in [6.07, 6.45) is 0. The molecule has 0 aliphatic carbocycles. The van der Waals surface area contributed by atoms with E-state index in [9.17, 15) is 0 Å². The number of rotatable bonds is 1. The third-order valence-corrected chi connectivity index (χ3v) is 3.17. The molecule has 1 aromatic carbocycles. The van der Waals surface area contributed by atoms with Crippen LogP contribution < -0.4 is 16.8 Å². The van der Waals surface area contributed by atoms with Crippen molar-refractivity contribution in [3.8, 4) is 0 Å². The molecule has 3 rings (SSSR count). The van der Waals surface area contributed by atoms with Crippen LogP contribution in [0.5, 0.6) is 0 Å². The minimum atomic E-state index is -0.339. The average Bonchev–Trinajstić information content (AvgIpc) is 2.71. The third kappa shape index (κ3) is 1.58. The van der Waals surface area contributed by atoms with Crippen molar-refractivity contribution in [1.29, 1.82) is 0 Å². The molecule has 1 atom stereocenters. The number of fused-ring (bicyclic) bond motifs is 1. The number of H-pyrrole nitrogens is 1. The number of nitrogens with two attached hydrogens (primary N) is 2. The van der Waals surface area contributed by atoms with E-state index in [1.54, 1.807) is 6.07 Å². The van der Waals surface area contributed by atoms with Crippen molar-refractivity contribution in [2.24, 2.45) is 10.7 Å². The minimum Gasteiger partial charge on any atom is -0.384 e. The molecule has 0 saturated heterocycles. The summed E-state index contributed by atoms with van der Waals surface area (Å²) in [5.41, 5.74) is 13.2. The third-order valence-electron chi connectivity index (χ3n) is 2.82. The Labute approximate surface area is 108 Å². The van der Waals surface area contributed by atoms with E-state index in [0.29, 0.717) is 22.6 Å². The number of guanidine groups is 1. The van der Waals surface area contributed by atoms with E-state index in [0.717, 1.165) is 11.1 Å². The highest BCUT2D eigenvalue weighted by molar-refractivity contribution is 6.31. The van der Waals surface area contributed by atoms with Crippen LogP contribution in [0.4, 0.5) is 11.6 Å². The van der Waals surface area contributed by atoms with Crippen LogP contribution in [-0.2, 0) is 0 Å². The Morgan fingerprint density at radius 3 is 2.78 bits per heavy atom. The molecule has 0 amide bonds. The quantitative estimate of drug-likeness (QED) is 0.625. The number of halogens is 1. The van der Waals surface area contributed by atoms with Crippen LogP contribution in [0.3, 0.4) is 0 Å². The van der Waals surface area contributed by atoms with E-state index < -0.39 is 0 Å². The van der Waals surface area contributed by atoms with Crippen LogP contribution in [0.2, 0.25) is 5.02 Å².